The Hall–Kier alpha value is -1.99. The third kappa shape index (κ3) is 4.05. The summed E-state index contributed by atoms with van der Waals surface area (Å²) in [4.78, 5) is 17.2. The molecule has 1 aromatic carbocycles. The standard InChI is InChI=1S/C21H28N4O2S/c1-24-11-5-6-16(14-24)21(26)25-12-9-15(10-13-25)19-22-23-20(28-19)17-7-3-4-8-18(17)27-2/h3-4,7-8,15-16H,5-6,9-14H2,1-2H3. The summed E-state index contributed by atoms with van der Waals surface area (Å²) in [5, 5.41) is 10.8. The Morgan fingerprint density at radius 2 is 1.93 bits per heavy atom. The molecule has 2 aliphatic rings. The van der Waals surface area contributed by atoms with Crippen molar-refractivity contribution in [1.29, 1.82) is 0 Å². The van der Waals surface area contributed by atoms with Crippen LogP contribution in [0.2, 0.25) is 0 Å². The molecule has 2 saturated heterocycles. The molecule has 2 aliphatic heterocycles. The number of aromatic nitrogens is 2. The summed E-state index contributed by atoms with van der Waals surface area (Å²) in [6.07, 6.45) is 4.09. The smallest absolute Gasteiger partial charge is 0.226 e. The molecule has 1 amide bonds. The number of methoxy groups -OCH3 is 1. The number of carbonyl (C=O) groups excluding carboxylic acids is 1. The van der Waals surface area contributed by atoms with E-state index in [9.17, 15) is 4.79 Å². The van der Waals surface area contributed by atoms with Crippen LogP contribution in [0.15, 0.2) is 24.3 Å². The highest BCUT2D eigenvalue weighted by atomic mass is 32.1. The number of hydrogen-bond donors (Lipinski definition) is 0. The van der Waals surface area contributed by atoms with E-state index in [-0.39, 0.29) is 5.92 Å². The van der Waals surface area contributed by atoms with Crippen LogP contribution in [0, 0.1) is 5.92 Å². The molecule has 1 aromatic heterocycles. The molecule has 150 valence electrons. The van der Waals surface area contributed by atoms with E-state index >= 15 is 0 Å². The highest BCUT2D eigenvalue weighted by Gasteiger charge is 2.32. The van der Waals surface area contributed by atoms with Gasteiger partial charge in [0, 0.05) is 25.6 Å². The zero-order valence-electron chi connectivity index (χ0n) is 16.6. The maximum absolute atomic E-state index is 12.9. The summed E-state index contributed by atoms with van der Waals surface area (Å²) in [5.74, 6) is 1.73. The number of amides is 1. The van der Waals surface area contributed by atoms with Crippen molar-refractivity contribution in [1.82, 2.24) is 20.0 Å². The number of para-hydroxylation sites is 1. The molecule has 6 nitrogen and oxygen atoms in total. The van der Waals surface area contributed by atoms with Gasteiger partial charge < -0.3 is 14.5 Å². The number of piperidine rings is 2. The first-order valence-electron chi connectivity index (χ1n) is 10.1. The minimum Gasteiger partial charge on any atom is -0.496 e. The van der Waals surface area contributed by atoms with Crippen LogP contribution in [0.25, 0.3) is 10.6 Å². The topological polar surface area (TPSA) is 58.6 Å². The van der Waals surface area contributed by atoms with Crippen molar-refractivity contribution in [3.63, 3.8) is 0 Å². The molecule has 2 aromatic rings. The van der Waals surface area contributed by atoms with E-state index < -0.39 is 0 Å². The average Bonchev–Trinajstić information content (AvgIpc) is 3.23. The lowest BCUT2D eigenvalue weighted by atomic mass is 9.93. The van der Waals surface area contributed by atoms with Crippen molar-refractivity contribution < 1.29 is 9.53 Å². The van der Waals surface area contributed by atoms with Crippen molar-refractivity contribution in [3.05, 3.63) is 29.3 Å². The molecule has 0 aliphatic carbocycles. The second-order valence-electron chi connectivity index (χ2n) is 7.85. The summed E-state index contributed by atoms with van der Waals surface area (Å²) < 4.78 is 5.45. The largest absolute Gasteiger partial charge is 0.496 e. The first kappa shape index (κ1) is 19.3. The SMILES string of the molecule is COc1ccccc1-c1nnc(C2CCN(C(=O)C3CCCN(C)C3)CC2)s1. The van der Waals surface area contributed by atoms with E-state index in [1.807, 2.05) is 24.3 Å². The summed E-state index contributed by atoms with van der Waals surface area (Å²) in [6, 6.07) is 7.92. The Bertz CT molecular complexity index is 816. The monoisotopic (exact) mass is 400 g/mol. The summed E-state index contributed by atoms with van der Waals surface area (Å²) in [7, 11) is 3.79. The molecule has 0 radical (unpaired) electrons. The first-order valence-corrected chi connectivity index (χ1v) is 10.9. The van der Waals surface area contributed by atoms with Gasteiger partial charge in [-0.3, -0.25) is 4.79 Å². The summed E-state index contributed by atoms with van der Waals surface area (Å²) >= 11 is 1.65. The van der Waals surface area contributed by atoms with Crippen molar-refractivity contribution in [2.75, 3.05) is 40.3 Å². The lowest BCUT2D eigenvalue weighted by Gasteiger charge is -2.36. The van der Waals surface area contributed by atoms with Crippen LogP contribution in [-0.2, 0) is 4.79 Å². The Morgan fingerprint density at radius 1 is 1.14 bits per heavy atom. The molecule has 0 bridgehead atoms. The fourth-order valence-corrected chi connectivity index (χ4v) is 5.35. The molecule has 0 N–H and O–H groups in total. The minimum atomic E-state index is 0.175. The van der Waals surface area contributed by atoms with Crippen LogP contribution in [0.4, 0.5) is 0 Å². The normalized spacial score (nSPS) is 21.6. The number of likely N-dealkylation sites (tertiary alicyclic amines) is 2. The molecule has 28 heavy (non-hydrogen) atoms. The highest BCUT2D eigenvalue weighted by molar-refractivity contribution is 7.14. The zero-order chi connectivity index (χ0) is 19.5. The minimum absolute atomic E-state index is 0.175. The average molecular weight is 401 g/mol. The first-order chi connectivity index (χ1) is 13.7. The number of carbonyl (C=O) groups is 1. The number of ether oxygens (including phenoxy) is 1. The third-order valence-electron chi connectivity index (χ3n) is 5.91. The quantitative estimate of drug-likeness (QED) is 0.788. The molecule has 1 atom stereocenters. The summed E-state index contributed by atoms with van der Waals surface area (Å²) in [6.45, 7) is 3.66. The van der Waals surface area contributed by atoms with Gasteiger partial charge in [0.25, 0.3) is 0 Å². The van der Waals surface area contributed by atoms with E-state index in [1.165, 1.54) is 0 Å². The maximum Gasteiger partial charge on any atom is 0.226 e. The molecule has 1 unspecified atom stereocenters. The van der Waals surface area contributed by atoms with Gasteiger partial charge in [-0.2, -0.15) is 0 Å². The van der Waals surface area contributed by atoms with Gasteiger partial charge in [-0.05, 0) is 51.4 Å². The fraction of sp³-hybridized carbons (Fsp3) is 0.571. The molecule has 2 fully saturated rings. The highest BCUT2D eigenvalue weighted by Crippen LogP contribution is 2.37. The van der Waals surface area contributed by atoms with E-state index in [0.29, 0.717) is 11.8 Å². The molecule has 4 rings (SSSR count). The van der Waals surface area contributed by atoms with Crippen LogP contribution >= 0.6 is 11.3 Å². The van der Waals surface area contributed by atoms with E-state index in [2.05, 4.69) is 27.0 Å². The Morgan fingerprint density at radius 3 is 2.68 bits per heavy atom. The molecule has 7 heteroatoms. The van der Waals surface area contributed by atoms with E-state index in [0.717, 1.165) is 73.2 Å². The van der Waals surface area contributed by atoms with Crippen LogP contribution in [0.3, 0.4) is 0 Å². The van der Waals surface area contributed by atoms with Crippen molar-refractivity contribution in [3.8, 4) is 16.3 Å². The van der Waals surface area contributed by atoms with Gasteiger partial charge in [-0.15, -0.1) is 10.2 Å². The predicted octanol–water partition coefficient (Wildman–Crippen LogP) is 3.26. The molecule has 0 saturated carbocycles. The lowest BCUT2D eigenvalue weighted by molar-refractivity contribution is -0.138. The Labute approximate surface area is 170 Å². The van der Waals surface area contributed by atoms with Gasteiger partial charge in [0.2, 0.25) is 5.91 Å². The van der Waals surface area contributed by atoms with Gasteiger partial charge in [-0.1, -0.05) is 23.5 Å². The number of hydrogen-bond acceptors (Lipinski definition) is 6. The van der Waals surface area contributed by atoms with Gasteiger partial charge >= 0.3 is 0 Å². The lowest BCUT2D eigenvalue weighted by Crippen LogP contribution is -2.46. The maximum atomic E-state index is 12.9. The molecular weight excluding hydrogens is 372 g/mol. The van der Waals surface area contributed by atoms with Crippen molar-refractivity contribution >= 4 is 17.2 Å². The van der Waals surface area contributed by atoms with Gasteiger partial charge in [0.1, 0.15) is 10.8 Å². The number of nitrogens with zero attached hydrogens (tertiary/aromatic N) is 4. The predicted molar refractivity (Wildman–Crippen MR) is 111 cm³/mol. The van der Waals surface area contributed by atoms with Crippen LogP contribution in [0.5, 0.6) is 5.75 Å². The van der Waals surface area contributed by atoms with Gasteiger partial charge in [0.05, 0.1) is 18.6 Å². The van der Waals surface area contributed by atoms with Crippen LogP contribution in [-0.4, -0.2) is 66.2 Å². The second kappa shape index (κ2) is 8.57. The molecule has 3 heterocycles. The van der Waals surface area contributed by atoms with Crippen LogP contribution in [0.1, 0.15) is 36.6 Å². The Balaban J connectivity index is 1.38. The van der Waals surface area contributed by atoms with Gasteiger partial charge in [0.15, 0.2) is 5.01 Å². The van der Waals surface area contributed by atoms with E-state index in [1.54, 1.807) is 18.4 Å². The van der Waals surface area contributed by atoms with Crippen LogP contribution < -0.4 is 4.74 Å². The van der Waals surface area contributed by atoms with E-state index in [4.69, 9.17) is 4.74 Å². The zero-order valence-corrected chi connectivity index (χ0v) is 17.5. The Kier molecular flexibility index (Phi) is 5.92. The molecular formula is C21H28N4O2S. The summed E-state index contributed by atoms with van der Waals surface area (Å²) in [5.41, 5.74) is 0.989. The third-order valence-corrected chi connectivity index (χ3v) is 7.03. The number of benzene rings is 1. The fourth-order valence-electron chi connectivity index (χ4n) is 4.30. The second-order valence-corrected chi connectivity index (χ2v) is 8.86. The molecule has 0 spiro atoms. The number of rotatable bonds is 4. The van der Waals surface area contributed by atoms with Crippen molar-refractivity contribution in [2.24, 2.45) is 5.92 Å². The van der Waals surface area contributed by atoms with Crippen molar-refractivity contribution in [2.45, 2.75) is 31.6 Å². The van der Waals surface area contributed by atoms with Gasteiger partial charge in [-0.25, -0.2) is 0 Å².